The molecule has 1 aromatic heterocycles. The van der Waals surface area contributed by atoms with Gasteiger partial charge in [-0.1, -0.05) is 19.9 Å². The van der Waals surface area contributed by atoms with Gasteiger partial charge in [-0.25, -0.2) is 0 Å². The molecule has 0 aromatic carbocycles. The first-order valence-electron chi connectivity index (χ1n) is 11.2. The summed E-state index contributed by atoms with van der Waals surface area (Å²) in [5.41, 5.74) is 3.84. The molecular weight excluding hydrogens is 360 g/mol. The van der Waals surface area contributed by atoms with Crippen LogP contribution < -0.4 is 0 Å². The fourth-order valence-corrected chi connectivity index (χ4v) is 7.72. The molecule has 0 saturated heterocycles. The molecule has 5 rings (SSSR count). The first kappa shape index (κ1) is 19.2. The van der Waals surface area contributed by atoms with E-state index in [-0.39, 0.29) is 28.9 Å². The number of H-pyrrole nitrogens is 1. The first-order valence-corrected chi connectivity index (χ1v) is 11.2. The fourth-order valence-electron chi connectivity index (χ4n) is 7.72. The topological polar surface area (TPSA) is 56.3 Å². The summed E-state index contributed by atoms with van der Waals surface area (Å²) in [5, 5.41) is 10.8. The van der Waals surface area contributed by atoms with E-state index in [0.717, 1.165) is 37.8 Å². The van der Waals surface area contributed by atoms with Crippen LogP contribution in [0, 0.1) is 28.6 Å². The Bertz CT molecular complexity index is 885. The van der Waals surface area contributed by atoms with Crippen molar-refractivity contribution in [2.24, 2.45) is 28.6 Å². The van der Waals surface area contributed by atoms with Gasteiger partial charge in [0.05, 0.1) is 12.1 Å². The van der Waals surface area contributed by atoms with Gasteiger partial charge >= 0.3 is 0 Å². The predicted molar refractivity (Wildman–Crippen MR) is 115 cm³/mol. The van der Waals surface area contributed by atoms with Crippen LogP contribution in [0.5, 0.6) is 0 Å². The highest BCUT2D eigenvalue weighted by Gasteiger charge is 2.61. The molecular formula is C25H34N2O2. The largest absolute Gasteiger partial charge is 0.393 e. The molecule has 4 nitrogen and oxygen atoms in total. The molecule has 2 unspecified atom stereocenters. The molecule has 7 atom stereocenters. The highest BCUT2D eigenvalue weighted by Crippen LogP contribution is 2.65. The molecule has 1 aliphatic heterocycles. The van der Waals surface area contributed by atoms with Crippen LogP contribution in [-0.2, 0) is 4.79 Å². The quantitative estimate of drug-likeness (QED) is 0.742. The lowest BCUT2D eigenvalue weighted by molar-refractivity contribution is -0.135. The van der Waals surface area contributed by atoms with Gasteiger partial charge in [0.25, 0.3) is 0 Å². The standard InChI is InChI=1S/C25H34N2O2/c1-15(20-6-5-13-26-20)16-14-17-18-7-8-21(28)24(18,2)11-9-19(17)25(3)12-10-22(29)27(4)23(16)25/h5-6,10,12-13,17-19,21,23,26,28H,7-9,11,14H2,1-4H3/t17-,18-,19+,21?,23?,24-,25+/m0/s1. The van der Waals surface area contributed by atoms with E-state index in [1.807, 2.05) is 24.2 Å². The normalized spacial score (nSPS) is 45.6. The number of carbonyl (C=O) groups excluding carboxylic acids is 1. The summed E-state index contributed by atoms with van der Waals surface area (Å²) < 4.78 is 0. The molecule has 2 heterocycles. The summed E-state index contributed by atoms with van der Waals surface area (Å²) in [4.78, 5) is 18.0. The number of nitrogens with one attached hydrogen (secondary N) is 1. The summed E-state index contributed by atoms with van der Waals surface area (Å²) in [6.07, 6.45) is 11.2. The molecule has 4 heteroatoms. The second-order valence-corrected chi connectivity index (χ2v) is 10.5. The zero-order valence-electron chi connectivity index (χ0n) is 18.1. The van der Waals surface area contributed by atoms with Gasteiger partial charge in [0.15, 0.2) is 0 Å². The zero-order chi connectivity index (χ0) is 20.6. The third-order valence-electron chi connectivity index (χ3n) is 9.36. The predicted octanol–water partition coefficient (Wildman–Crippen LogP) is 4.40. The summed E-state index contributed by atoms with van der Waals surface area (Å²) in [6, 6.07) is 4.29. The van der Waals surface area contributed by atoms with Crippen LogP contribution in [0.3, 0.4) is 0 Å². The highest BCUT2D eigenvalue weighted by atomic mass is 16.3. The van der Waals surface area contributed by atoms with Crippen molar-refractivity contribution in [2.45, 2.75) is 65.0 Å². The zero-order valence-corrected chi connectivity index (χ0v) is 18.1. The minimum atomic E-state index is -0.165. The summed E-state index contributed by atoms with van der Waals surface area (Å²) >= 11 is 0. The number of allylic oxidation sites excluding steroid dienone is 1. The number of hydrogen-bond donors (Lipinski definition) is 2. The average molecular weight is 395 g/mol. The smallest absolute Gasteiger partial charge is 0.246 e. The molecule has 4 aliphatic rings. The maximum absolute atomic E-state index is 12.7. The van der Waals surface area contributed by atoms with E-state index in [1.165, 1.54) is 11.1 Å². The number of aromatic nitrogens is 1. The molecule has 0 spiro atoms. The third kappa shape index (κ3) is 2.51. The Balaban J connectivity index is 1.66. The summed E-state index contributed by atoms with van der Waals surface area (Å²) in [6.45, 7) is 6.92. The van der Waals surface area contributed by atoms with Gasteiger partial charge in [-0.05, 0) is 91.6 Å². The van der Waals surface area contributed by atoms with Gasteiger partial charge in [0.1, 0.15) is 0 Å². The lowest BCUT2D eigenvalue weighted by atomic mass is 9.47. The number of aliphatic hydroxyl groups is 1. The van der Waals surface area contributed by atoms with Crippen LogP contribution in [0.25, 0.3) is 5.57 Å². The summed E-state index contributed by atoms with van der Waals surface area (Å²) in [5.74, 6) is 1.80. The Labute approximate surface area is 174 Å². The van der Waals surface area contributed by atoms with Gasteiger partial charge in [-0.2, -0.15) is 0 Å². The lowest BCUT2D eigenvalue weighted by Gasteiger charge is -2.61. The van der Waals surface area contributed by atoms with Crippen molar-refractivity contribution >= 4 is 11.5 Å². The monoisotopic (exact) mass is 394 g/mol. The second-order valence-electron chi connectivity index (χ2n) is 10.5. The average Bonchev–Trinajstić information content (AvgIpc) is 3.33. The van der Waals surface area contributed by atoms with E-state index in [4.69, 9.17) is 0 Å². The number of likely N-dealkylation sites (N-methyl/N-ethyl adjacent to an activating group) is 1. The maximum atomic E-state index is 12.7. The van der Waals surface area contributed by atoms with E-state index in [9.17, 15) is 9.90 Å². The number of nitrogens with zero attached hydrogens (tertiary/aromatic N) is 1. The van der Waals surface area contributed by atoms with E-state index >= 15 is 0 Å². The van der Waals surface area contributed by atoms with Gasteiger partial charge in [-0.15, -0.1) is 0 Å². The number of rotatable bonds is 1. The first-order chi connectivity index (χ1) is 13.8. The fraction of sp³-hybridized carbons (Fsp3) is 0.640. The number of amides is 1. The van der Waals surface area contributed by atoms with Crippen molar-refractivity contribution < 1.29 is 9.90 Å². The SMILES string of the molecule is CC(=C1C[C@@H]2[C@@H](CC[C@]3(C)C(O)CC[C@@H]23)[C@@]2(C)C=CC(=O)N(C)C12)c1ccc[nH]1. The van der Waals surface area contributed by atoms with Crippen LogP contribution in [0.15, 0.2) is 36.1 Å². The van der Waals surface area contributed by atoms with E-state index in [1.54, 1.807) is 6.08 Å². The third-order valence-corrected chi connectivity index (χ3v) is 9.36. The number of aliphatic hydroxyl groups excluding tert-OH is 1. The van der Waals surface area contributed by atoms with Crippen molar-refractivity contribution in [1.29, 1.82) is 0 Å². The van der Waals surface area contributed by atoms with Gasteiger partial charge in [-0.3, -0.25) is 4.79 Å². The summed E-state index contributed by atoms with van der Waals surface area (Å²) in [7, 11) is 1.98. The minimum Gasteiger partial charge on any atom is -0.393 e. The minimum absolute atomic E-state index is 0.0515. The molecule has 29 heavy (non-hydrogen) atoms. The molecule has 0 radical (unpaired) electrons. The van der Waals surface area contributed by atoms with Gasteiger partial charge in [0.2, 0.25) is 5.91 Å². The lowest BCUT2D eigenvalue weighted by Crippen LogP contribution is -2.60. The number of aromatic amines is 1. The van der Waals surface area contributed by atoms with Gasteiger partial charge < -0.3 is 15.0 Å². The Kier molecular flexibility index (Phi) is 4.19. The van der Waals surface area contributed by atoms with Crippen LogP contribution in [0.2, 0.25) is 0 Å². The van der Waals surface area contributed by atoms with Crippen LogP contribution in [0.4, 0.5) is 0 Å². The van der Waals surface area contributed by atoms with Crippen molar-refractivity contribution in [1.82, 2.24) is 9.88 Å². The number of fused-ring (bicyclic) bond motifs is 5. The van der Waals surface area contributed by atoms with E-state index in [2.05, 4.69) is 37.9 Å². The van der Waals surface area contributed by atoms with Crippen molar-refractivity contribution in [3.05, 3.63) is 41.7 Å². The molecule has 1 aromatic rings. The van der Waals surface area contributed by atoms with Crippen LogP contribution in [0.1, 0.15) is 58.6 Å². The van der Waals surface area contributed by atoms with E-state index < -0.39 is 0 Å². The second kappa shape index (κ2) is 6.34. The molecule has 3 fully saturated rings. The molecule has 3 saturated carbocycles. The Hall–Kier alpha value is -1.81. The Morgan fingerprint density at radius 3 is 2.76 bits per heavy atom. The molecule has 1 amide bonds. The van der Waals surface area contributed by atoms with Crippen molar-refractivity contribution in [3.63, 3.8) is 0 Å². The van der Waals surface area contributed by atoms with Crippen molar-refractivity contribution in [3.8, 4) is 0 Å². The Morgan fingerprint density at radius 1 is 1.24 bits per heavy atom. The molecule has 156 valence electrons. The van der Waals surface area contributed by atoms with Crippen LogP contribution >= 0.6 is 0 Å². The van der Waals surface area contributed by atoms with Crippen molar-refractivity contribution in [2.75, 3.05) is 7.05 Å². The van der Waals surface area contributed by atoms with E-state index in [0.29, 0.717) is 17.8 Å². The highest BCUT2D eigenvalue weighted by molar-refractivity contribution is 5.90. The van der Waals surface area contributed by atoms with Crippen LogP contribution in [-0.4, -0.2) is 40.1 Å². The number of carbonyl (C=O) groups is 1. The maximum Gasteiger partial charge on any atom is 0.246 e. The molecule has 2 N–H and O–H groups in total. The number of hydrogen-bond acceptors (Lipinski definition) is 2. The Morgan fingerprint density at radius 2 is 2.03 bits per heavy atom. The van der Waals surface area contributed by atoms with Gasteiger partial charge in [0, 0.05) is 24.4 Å². The molecule has 0 bridgehead atoms. The molecule has 3 aliphatic carbocycles.